The van der Waals surface area contributed by atoms with Crippen molar-refractivity contribution in [2.45, 2.75) is 24.3 Å². The maximum Gasteiger partial charge on any atom is 0.414 e. The maximum atomic E-state index is 11.9. The average molecular weight is 234 g/mol. The zero-order valence-corrected chi connectivity index (χ0v) is 5.93. The van der Waals surface area contributed by atoms with Gasteiger partial charge in [0.1, 0.15) is 0 Å². The summed E-state index contributed by atoms with van der Waals surface area (Å²) < 4.78 is 104. The fourth-order valence-electron chi connectivity index (χ4n) is 0.391. The number of hydrogen-bond acceptors (Lipinski definition) is 0. The van der Waals surface area contributed by atoms with Gasteiger partial charge in [-0.2, -0.15) is 26.3 Å². The summed E-state index contributed by atoms with van der Waals surface area (Å²) in [7, 11) is 0. The number of hydrogen-bond donors (Lipinski definition) is 0. The van der Waals surface area contributed by atoms with Crippen molar-refractivity contribution >= 4 is 0 Å². The van der Waals surface area contributed by atoms with Crippen molar-refractivity contribution in [3.8, 4) is 0 Å². The van der Waals surface area contributed by atoms with Crippen molar-refractivity contribution in [1.82, 2.24) is 5.54 Å². The molecule has 0 spiro atoms. The Balaban J connectivity index is 5.14. The first-order chi connectivity index (χ1) is 6.00. The third-order valence-electron chi connectivity index (χ3n) is 1.18. The lowest BCUT2D eigenvalue weighted by Gasteiger charge is -2.29. The van der Waals surface area contributed by atoms with E-state index in [1.165, 1.54) is 0 Å². The van der Waals surface area contributed by atoms with Crippen LogP contribution in [-0.2, 0) is 0 Å². The van der Waals surface area contributed by atoms with Crippen LogP contribution in [0, 0.1) is 0 Å². The van der Waals surface area contributed by atoms with Crippen molar-refractivity contribution in [2.24, 2.45) is 0 Å². The van der Waals surface area contributed by atoms with Crippen LogP contribution in [0.15, 0.2) is 0 Å². The first kappa shape index (κ1) is 13.3. The Morgan fingerprint density at radius 3 is 1.43 bits per heavy atom. The van der Waals surface area contributed by atoms with E-state index in [0.717, 1.165) is 0 Å². The molecule has 0 aromatic rings. The molecule has 0 aliphatic rings. The highest BCUT2D eigenvalue weighted by molar-refractivity contribution is 4.95. The van der Waals surface area contributed by atoms with Gasteiger partial charge in [-0.3, -0.25) is 0 Å². The fourth-order valence-corrected chi connectivity index (χ4v) is 0.391. The summed E-state index contributed by atoms with van der Waals surface area (Å²) in [5.41, 5.74) is 0.144. The SMILES string of the molecule is F[N]C(F)(F)C(F)(F)C(F)(F)C(F)F. The van der Waals surface area contributed by atoms with E-state index in [1.807, 2.05) is 0 Å². The summed E-state index contributed by atoms with van der Waals surface area (Å²) in [6.45, 7) is 0. The number of halogens is 9. The highest BCUT2D eigenvalue weighted by Crippen LogP contribution is 2.47. The molecule has 0 heterocycles. The van der Waals surface area contributed by atoms with E-state index in [-0.39, 0.29) is 5.54 Å². The highest BCUT2D eigenvalue weighted by atomic mass is 19.4. The molecule has 0 N–H and O–H groups in total. The van der Waals surface area contributed by atoms with Crippen molar-refractivity contribution in [3.63, 3.8) is 0 Å². The third-order valence-corrected chi connectivity index (χ3v) is 1.18. The minimum atomic E-state index is -6.59. The zero-order chi connectivity index (χ0) is 11.8. The molecule has 1 nitrogen and oxygen atoms in total. The molecule has 85 valence electrons. The van der Waals surface area contributed by atoms with Crippen LogP contribution in [0.5, 0.6) is 0 Å². The van der Waals surface area contributed by atoms with E-state index in [1.54, 1.807) is 0 Å². The normalized spacial score (nSPS) is 15.0. The Morgan fingerprint density at radius 1 is 0.857 bits per heavy atom. The Bertz CT molecular complexity index is 199. The maximum absolute atomic E-state index is 11.9. The quantitative estimate of drug-likeness (QED) is 0.524. The van der Waals surface area contributed by atoms with Crippen LogP contribution in [0.2, 0.25) is 0 Å². The lowest BCUT2D eigenvalue weighted by Crippen LogP contribution is -2.59. The third kappa shape index (κ3) is 1.74. The van der Waals surface area contributed by atoms with Crippen LogP contribution < -0.4 is 5.54 Å². The van der Waals surface area contributed by atoms with Gasteiger partial charge < -0.3 is 0 Å². The highest BCUT2D eigenvalue weighted by Gasteiger charge is 2.76. The van der Waals surface area contributed by atoms with Gasteiger partial charge in [-0.1, -0.05) is 0 Å². The molecule has 0 saturated heterocycles. The van der Waals surface area contributed by atoms with Crippen molar-refractivity contribution in [2.75, 3.05) is 0 Å². The van der Waals surface area contributed by atoms with Gasteiger partial charge in [0, 0.05) is 5.54 Å². The van der Waals surface area contributed by atoms with Crippen LogP contribution in [0.4, 0.5) is 39.6 Å². The van der Waals surface area contributed by atoms with Gasteiger partial charge in [-0.25, -0.2) is 8.78 Å². The number of nitrogens with zero attached hydrogens (tertiary/aromatic N) is 1. The van der Waals surface area contributed by atoms with Crippen LogP contribution >= 0.6 is 0 Å². The molecule has 14 heavy (non-hydrogen) atoms. The van der Waals surface area contributed by atoms with Gasteiger partial charge in [0.15, 0.2) is 0 Å². The van der Waals surface area contributed by atoms with Crippen molar-refractivity contribution in [3.05, 3.63) is 0 Å². The molecule has 0 saturated carbocycles. The van der Waals surface area contributed by atoms with Gasteiger partial charge in [0.05, 0.1) is 0 Å². The van der Waals surface area contributed by atoms with Gasteiger partial charge in [-0.05, 0) is 0 Å². The number of rotatable bonds is 4. The predicted octanol–water partition coefficient (Wildman–Crippen LogP) is 2.60. The minimum Gasteiger partial charge on any atom is -0.203 e. The smallest absolute Gasteiger partial charge is 0.203 e. The van der Waals surface area contributed by atoms with Crippen LogP contribution in [0.3, 0.4) is 0 Å². The average Bonchev–Trinajstić information content (AvgIpc) is 2.03. The molecule has 0 rings (SSSR count). The number of alkyl halides is 8. The van der Waals surface area contributed by atoms with E-state index >= 15 is 0 Å². The molecule has 0 aliphatic carbocycles. The minimum absolute atomic E-state index is 0.144. The van der Waals surface area contributed by atoms with E-state index in [4.69, 9.17) is 0 Å². The Hall–Kier alpha value is -0.670. The molecule has 0 aliphatic heterocycles. The van der Waals surface area contributed by atoms with E-state index < -0.39 is 24.3 Å². The zero-order valence-electron chi connectivity index (χ0n) is 5.93. The van der Waals surface area contributed by atoms with Gasteiger partial charge in [-0.15, -0.1) is 4.48 Å². The topological polar surface area (TPSA) is 14.1 Å². The van der Waals surface area contributed by atoms with E-state index in [0.29, 0.717) is 0 Å². The second kappa shape index (κ2) is 3.48. The predicted molar refractivity (Wildman–Crippen MR) is 24.1 cm³/mol. The summed E-state index contributed by atoms with van der Waals surface area (Å²) in [6, 6.07) is -6.20. The molecular formula is C4HF9N. The van der Waals surface area contributed by atoms with Gasteiger partial charge >= 0.3 is 24.3 Å². The second-order valence-electron chi connectivity index (χ2n) is 2.12. The largest absolute Gasteiger partial charge is 0.414 e. The summed E-state index contributed by atoms with van der Waals surface area (Å²) in [6.07, 6.45) is -5.06. The van der Waals surface area contributed by atoms with Gasteiger partial charge in [0.25, 0.3) is 0 Å². The summed E-state index contributed by atoms with van der Waals surface area (Å²) in [5, 5.41) is 0. The molecule has 10 heteroatoms. The second-order valence-corrected chi connectivity index (χ2v) is 2.12. The van der Waals surface area contributed by atoms with Crippen molar-refractivity contribution in [1.29, 1.82) is 0 Å². The van der Waals surface area contributed by atoms with E-state index in [2.05, 4.69) is 0 Å². The fraction of sp³-hybridized carbons (Fsp3) is 1.00. The molecule has 0 bridgehead atoms. The molecule has 0 aromatic heterocycles. The molecule has 0 amide bonds. The first-order valence-corrected chi connectivity index (χ1v) is 2.75. The standard InChI is InChI=1S/C4HF9N/c5-1(6)2(7,8)3(9,10)4(11,12)14-13/h1H. The van der Waals surface area contributed by atoms with Gasteiger partial charge in [0.2, 0.25) is 0 Å². The first-order valence-electron chi connectivity index (χ1n) is 2.75. The lowest BCUT2D eigenvalue weighted by molar-refractivity contribution is -0.357. The molecule has 0 fully saturated rings. The lowest BCUT2D eigenvalue weighted by atomic mass is 10.1. The monoisotopic (exact) mass is 234 g/mol. The Kier molecular flexibility index (Phi) is 3.31. The molecule has 0 unspecified atom stereocenters. The van der Waals surface area contributed by atoms with Crippen LogP contribution in [-0.4, -0.2) is 24.3 Å². The van der Waals surface area contributed by atoms with E-state index in [9.17, 15) is 39.6 Å². The molecule has 1 radical (unpaired) electrons. The summed E-state index contributed by atoms with van der Waals surface area (Å²) in [4.78, 5) is 0. The van der Waals surface area contributed by atoms with Crippen LogP contribution in [0.25, 0.3) is 0 Å². The molecular weight excluding hydrogens is 233 g/mol. The Labute approximate surface area is 70.8 Å². The van der Waals surface area contributed by atoms with Crippen molar-refractivity contribution < 1.29 is 39.6 Å². The Morgan fingerprint density at radius 2 is 1.21 bits per heavy atom. The summed E-state index contributed by atoms with van der Waals surface area (Å²) in [5.74, 6) is -13.0. The molecule has 0 atom stereocenters. The summed E-state index contributed by atoms with van der Waals surface area (Å²) >= 11 is 0. The van der Waals surface area contributed by atoms with Crippen LogP contribution in [0.1, 0.15) is 0 Å². The molecule has 0 aromatic carbocycles.